The highest BCUT2D eigenvalue weighted by atomic mass is 35.5. The van der Waals surface area contributed by atoms with Gasteiger partial charge in [0.15, 0.2) is 0 Å². The van der Waals surface area contributed by atoms with E-state index in [9.17, 15) is 0 Å². The minimum Gasteiger partial charge on any atom is -0.316 e. The average molecular weight is 252 g/mol. The Morgan fingerprint density at radius 3 is 3.00 bits per heavy atom. The van der Waals surface area contributed by atoms with E-state index in [0.717, 1.165) is 30.4 Å². The Morgan fingerprint density at radius 2 is 2.24 bits per heavy atom. The summed E-state index contributed by atoms with van der Waals surface area (Å²) in [6.07, 6.45) is 0.976. The van der Waals surface area contributed by atoms with Gasteiger partial charge in [-0.1, -0.05) is 37.6 Å². The van der Waals surface area contributed by atoms with Crippen LogP contribution >= 0.6 is 11.6 Å². The van der Waals surface area contributed by atoms with Gasteiger partial charge in [-0.15, -0.1) is 0 Å². The van der Waals surface area contributed by atoms with Gasteiger partial charge in [-0.05, 0) is 37.1 Å². The highest BCUT2D eigenvalue weighted by Gasteiger charge is 2.07. The summed E-state index contributed by atoms with van der Waals surface area (Å²) in [7, 11) is 0. The molecule has 0 radical (unpaired) electrons. The monoisotopic (exact) mass is 251 g/mol. The lowest BCUT2D eigenvalue weighted by Crippen LogP contribution is -2.22. The van der Waals surface area contributed by atoms with E-state index in [0.29, 0.717) is 11.1 Å². The average Bonchev–Trinajstić information content (AvgIpc) is 2.67. The molecule has 0 atom stereocenters. The van der Waals surface area contributed by atoms with Crippen LogP contribution in [0.4, 0.5) is 0 Å². The van der Waals surface area contributed by atoms with Crippen molar-refractivity contribution in [3.05, 3.63) is 28.9 Å². The molecule has 2 N–H and O–H groups in total. The minimum absolute atomic E-state index is 0.638. The molecule has 0 aliphatic rings. The maximum atomic E-state index is 6.10. The minimum atomic E-state index is 0.638. The first-order valence-electron chi connectivity index (χ1n) is 6.00. The summed E-state index contributed by atoms with van der Waals surface area (Å²) in [5, 5.41) is 12.1. The molecule has 0 aliphatic heterocycles. The van der Waals surface area contributed by atoms with E-state index in [4.69, 9.17) is 11.6 Å². The van der Waals surface area contributed by atoms with Crippen molar-refractivity contribution >= 4 is 22.5 Å². The van der Waals surface area contributed by atoms with Crippen LogP contribution in [0.2, 0.25) is 5.15 Å². The molecule has 4 heteroatoms. The zero-order valence-corrected chi connectivity index (χ0v) is 11.0. The number of aromatic nitrogens is 2. The molecule has 17 heavy (non-hydrogen) atoms. The first-order valence-corrected chi connectivity index (χ1v) is 6.38. The Balaban J connectivity index is 2.05. The second-order valence-electron chi connectivity index (χ2n) is 4.70. The quantitative estimate of drug-likeness (QED) is 0.802. The van der Waals surface area contributed by atoms with Crippen molar-refractivity contribution in [1.82, 2.24) is 15.5 Å². The van der Waals surface area contributed by atoms with Gasteiger partial charge in [0.25, 0.3) is 0 Å². The number of benzene rings is 1. The van der Waals surface area contributed by atoms with Crippen LogP contribution in [-0.4, -0.2) is 23.3 Å². The first-order chi connectivity index (χ1) is 8.18. The summed E-state index contributed by atoms with van der Waals surface area (Å²) in [6, 6.07) is 6.11. The molecule has 0 spiro atoms. The largest absolute Gasteiger partial charge is 0.316 e. The highest BCUT2D eigenvalue weighted by Crippen LogP contribution is 2.24. The molecule has 3 nitrogen and oxygen atoms in total. The van der Waals surface area contributed by atoms with Crippen molar-refractivity contribution in [2.75, 3.05) is 13.1 Å². The molecule has 0 bridgehead atoms. The van der Waals surface area contributed by atoms with Crippen molar-refractivity contribution in [1.29, 1.82) is 0 Å². The molecule has 1 heterocycles. The summed E-state index contributed by atoms with van der Waals surface area (Å²) in [5.74, 6) is 0.684. The molecule has 0 amide bonds. The number of rotatable bonds is 5. The fourth-order valence-corrected chi connectivity index (χ4v) is 2.18. The maximum Gasteiger partial charge on any atom is 0.132 e. The molecule has 2 aromatic rings. The third-order valence-corrected chi connectivity index (χ3v) is 3.02. The number of halogens is 1. The van der Waals surface area contributed by atoms with Crippen LogP contribution in [-0.2, 0) is 6.42 Å². The molecule has 92 valence electrons. The molecular formula is C13H18ClN3. The van der Waals surface area contributed by atoms with Gasteiger partial charge in [-0.2, -0.15) is 5.10 Å². The summed E-state index contributed by atoms with van der Waals surface area (Å²) in [5.41, 5.74) is 2.19. The van der Waals surface area contributed by atoms with E-state index in [-0.39, 0.29) is 0 Å². The molecule has 1 aromatic carbocycles. The smallest absolute Gasteiger partial charge is 0.132 e. The zero-order chi connectivity index (χ0) is 12.3. The first kappa shape index (κ1) is 12.4. The second-order valence-corrected chi connectivity index (χ2v) is 5.07. The van der Waals surface area contributed by atoms with E-state index in [2.05, 4.69) is 35.4 Å². The third-order valence-electron chi connectivity index (χ3n) is 2.75. The fourth-order valence-electron chi connectivity index (χ4n) is 1.92. The van der Waals surface area contributed by atoms with Crippen molar-refractivity contribution < 1.29 is 0 Å². The number of H-pyrrole nitrogens is 1. The van der Waals surface area contributed by atoms with Crippen LogP contribution in [0, 0.1) is 5.92 Å². The predicted octanol–water partition coefficient (Wildman–Crippen LogP) is 3.00. The van der Waals surface area contributed by atoms with Crippen molar-refractivity contribution in [3.63, 3.8) is 0 Å². The summed E-state index contributed by atoms with van der Waals surface area (Å²) < 4.78 is 0. The van der Waals surface area contributed by atoms with Crippen LogP contribution in [0.3, 0.4) is 0 Å². The van der Waals surface area contributed by atoms with Gasteiger partial charge >= 0.3 is 0 Å². The van der Waals surface area contributed by atoms with Gasteiger partial charge in [-0.3, -0.25) is 5.10 Å². The van der Waals surface area contributed by atoms with Gasteiger partial charge in [0, 0.05) is 5.39 Å². The normalized spacial score (nSPS) is 11.5. The highest BCUT2D eigenvalue weighted by molar-refractivity contribution is 6.34. The molecule has 0 saturated heterocycles. The lowest BCUT2D eigenvalue weighted by atomic mass is 10.1. The van der Waals surface area contributed by atoms with Gasteiger partial charge in [-0.25, -0.2) is 0 Å². The summed E-state index contributed by atoms with van der Waals surface area (Å²) in [6.45, 7) is 6.44. The van der Waals surface area contributed by atoms with E-state index in [1.54, 1.807) is 0 Å². The Bertz CT molecular complexity index is 490. The van der Waals surface area contributed by atoms with Gasteiger partial charge in [0.2, 0.25) is 0 Å². The molecule has 0 aliphatic carbocycles. The van der Waals surface area contributed by atoms with Crippen LogP contribution in [0.15, 0.2) is 18.2 Å². The number of nitrogens with one attached hydrogen (secondary N) is 2. The maximum absolute atomic E-state index is 6.10. The Hall–Kier alpha value is -1.06. The fraction of sp³-hybridized carbons (Fsp3) is 0.462. The van der Waals surface area contributed by atoms with E-state index < -0.39 is 0 Å². The van der Waals surface area contributed by atoms with Gasteiger partial charge in [0.1, 0.15) is 5.15 Å². The number of nitrogens with zero attached hydrogens (tertiary/aromatic N) is 1. The van der Waals surface area contributed by atoms with E-state index in [1.807, 2.05) is 12.1 Å². The van der Waals surface area contributed by atoms with E-state index in [1.165, 1.54) is 5.56 Å². The van der Waals surface area contributed by atoms with Crippen molar-refractivity contribution in [2.24, 2.45) is 5.92 Å². The van der Waals surface area contributed by atoms with Crippen LogP contribution in [0.25, 0.3) is 10.9 Å². The van der Waals surface area contributed by atoms with E-state index >= 15 is 0 Å². The third kappa shape index (κ3) is 2.99. The Labute approximate surface area is 107 Å². The van der Waals surface area contributed by atoms with Crippen LogP contribution in [0.5, 0.6) is 0 Å². The Kier molecular flexibility index (Phi) is 4.02. The zero-order valence-electron chi connectivity index (χ0n) is 10.3. The van der Waals surface area contributed by atoms with Crippen molar-refractivity contribution in [3.8, 4) is 0 Å². The van der Waals surface area contributed by atoms with Crippen LogP contribution < -0.4 is 5.32 Å². The number of fused-ring (bicyclic) bond motifs is 1. The molecule has 1 aromatic heterocycles. The lowest BCUT2D eigenvalue weighted by Gasteiger charge is -2.08. The molecule has 0 saturated carbocycles. The van der Waals surface area contributed by atoms with Gasteiger partial charge in [0.05, 0.1) is 5.52 Å². The van der Waals surface area contributed by atoms with Gasteiger partial charge < -0.3 is 5.32 Å². The molecule has 0 unspecified atom stereocenters. The standard InChI is InChI=1S/C13H18ClN3/c1-9(2)8-15-7-6-10-4-3-5-11-12(10)13(14)17-16-11/h3-5,9,15H,6-8H2,1-2H3,(H,16,17). The summed E-state index contributed by atoms with van der Waals surface area (Å²) in [4.78, 5) is 0. The van der Waals surface area contributed by atoms with Crippen LogP contribution in [0.1, 0.15) is 19.4 Å². The lowest BCUT2D eigenvalue weighted by molar-refractivity contribution is 0.555. The number of hydrogen-bond donors (Lipinski definition) is 2. The SMILES string of the molecule is CC(C)CNCCc1cccc2n[nH]c(Cl)c12. The Morgan fingerprint density at radius 1 is 1.41 bits per heavy atom. The molecular weight excluding hydrogens is 234 g/mol. The summed E-state index contributed by atoms with van der Waals surface area (Å²) >= 11 is 6.10. The predicted molar refractivity (Wildman–Crippen MR) is 72.5 cm³/mol. The molecule has 0 fully saturated rings. The number of aromatic amines is 1. The topological polar surface area (TPSA) is 40.7 Å². The van der Waals surface area contributed by atoms with Crippen molar-refractivity contribution in [2.45, 2.75) is 20.3 Å². The molecule has 2 rings (SSSR count). The second kappa shape index (κ2) is 5.52. The number of hydrogen-bond acceptors (Lipinski definition) is 2.